The van der Waals surface area contributed by atoms with Crippen LogP contribution in [0, 0.1) is 0 Å². The quantitative estimate of drug-likeness (QED) is 0.139. The Hall–Kier alpha value is -8.78. The van der Waals surface area contributed by atoms with Gasteiger partial charge in [-0.3, -0.25) is 0 Å². The molecule has 0 aromatic heterocycles. The van der Waals surface area contributed by atoms with Crippen molar-refractivity contribution in [3.8, 4) is 66.8 Å². The van der Waals surface area contributed by atoms with E-state index in [0.717, 1.165) is 17.1 Å². The van der Waals surface area contributed by atoms with Crippen molar-refractivity contribution in [2.75, 3.05) is 4.90 Å². The molecular formula is C70H51N. The van der Waals surface area contributed by atoms with Gasteiger partial charge in [-0.05, 0) is 137 Å². The SMILES string of the molecule is CC1(C)c2ccccc2-c2cccc(-c3cccc(N(c4ccc(-c5ccccc5)c(-c5ccccc5-c5ccccc5)c4)c4ccc5c(c4)C(c4ccccc4)(c4ccccc4)c4ccccc4-5)c3)c21. The molecule has 0 saturated carbocycles. The second-order valence-corrected chi connectivity index (χ2v) is 19.5. The van der Waals surface area contributed by atoms with Gasteiger partial charge in [0.1, 0.15) is 0 Å². The zero-order valence-corrected chi connectivity index (χ0v) is 39.9. The second kappa shape index (κ2) is 17.0. The van der Waals surface area contributed by atoms with Crippen LogP contribution in [0.3, 0.4) is 0 Å². The van der Waals surface area contributed by atoms with Gasteiger partial charge in [0.05, 0.1) is 5.41 Å². The first-order valence-corrected chi connectivity index (χ1v) is 24.8. The van der Waals surface area contributed by atoms with E-state index in [4.69, 9.17) is 0 Å². The molecule has 0 aliphatic heterocycles. The minimum absolute atomic E-state index is 0.167. The number of benzene rings is 11. The van der Waals surface area contributed by atoms with E-state index in [9.17, 15) is 0 Å². The van der Waals surface area contributed by atoms with E-state index in [0.29, 0.717) is 0 Å². The number of rotatable bonds is 9. The topological polar surface area (TPSA) is 3.24 Å². The predicted octanol–water partition coefficient (Wildman–Crippen LogP) is 18.5. The summed E-state index contributed by atoms with van der Waals surface area (Å²) in [6.45, 7) is 4.77. The monoisotopic (exact) mass is 905 g/mol. The fourth-order valence-corrected chi connectivity index (χ4v) is 12.3. The fourth-order valence-electron chi connectivity index (χ4n) is 12.3. The van der Waals surface area contributed by atoms with Crippen LogP contribution in [0.25, 0.3) is 66.8 Å². The van der Waals surface area contributed by atoms with Gasteiger partial charge in [-0.25, -0.2) is 0 Å². The molecule has 0 N–H and O–H groups in total. The third-order valence-electron chi connectivity index (χ3n) is 15.3. The van der Waals surface area contributed by atoms with Crippen molar-refractivity contribution in [2.45, 2.75) is 24.7 Å². The number of nitrogens with zero attached hydrogens (tertiary/aromatic N) is 1. The van der Waals surface area contributed by atoms with Gasteiger partial charge < -0.3 is 4.90 Å². The maximum atomic E-state index is 2.50. The van der Waals surface area contributed by atoms with Crippen LogP contribution in [0.2, 0.25) is 0 Å². The summed E-state index contributed by atoms with van der Waals surface area (Å²) in [6.07, 6.45) is 0. The van der Waals surface area contributed by atoms with Gasteiger partial charge in [-0.2, -0.15) is 0 Å². The lowest BCUT2D eigenvalue weighted by atomic mass is 9.67. The number of fused-ring (bicyclic) bond motifs is 6. The molecule has 0 unspecified atom stereocenters. The highest BCUT2D eigenvalue weighted by Gasteiger charge is 2.46. The third-order valence-corrected chi connectivity index (χ3v) is 15.3. The molecule has 0 saturated heterocycles. The van der Waals surface area contributed by atoms with Gasteiger partial charge in [-0.1, -0.05) is 250 Å². The average Bonchev–Trinajstić information content (AvgIpc) is 3.88. The van der Waals surface area contributed by atoms with Crippen LogP contribution in [0.4, 0.5) is 17.1 Å². The molecule has 13 rings (SSSR count). The fraction of sp³-hybridized carbons (Fsp3) is 0.0571. The third kappa shape index (κ3) is 6.76. The minimum atomic E-state index is -0.555. The van der Waals surface area contributed by atoms with Gasteiger partial charge in [0.15, 0.2) is 0 Å². The molecule has 0 fully saturated rings. The molecule has 2 aliphatic rings. The molecule has 1 nitrogen and oxygen atoms in total. The smallest absolute Gasteiger partial charge is 0.0714 e. The first kappa shape index (κ1) is 42.3. The number of anilines is 3. The Morgan fingerprint density at radius 2 is 0.676 bits per heavy atom. The lowest BCUT2D eigenvalue weighted by molar-refractivity contribution is 0.662. The van der Waals surface area contributed by atoms with E-state index in [1.807, 2.05) is 0 Å². The molecule has 336 valence electrons. The van der Waals surface area contributed by atoms with Gasteiger partial charge in [0.2, 0.25) is 0 Å². The average molecular weight is 906 g/mol. The standard InChI is InChI=1S/C70H51N/c1-69(2)65-39-19-17-36-61(65)63-38-22-37-58(68(63)69)50-27-21-32-53(45-50)71(54-41-43-57(49-25-9-4-10-26-49)64(46-54)59-34-16-15-33-56(59)48-23-7-3-8-24-48)55-42-44-62-60-35-18-20-40-66(60)70(67(62)47-55,51-28-11-5-12-29-51)52-30-13-6-14-31-52/h3-47H,1-2H3. The van der Waals surface area contributed by atoms with Crippen molar-refractivity contribution in [3.05, 3.63) is 306 Å². The van der Waals surface area contributed by atoms with Crippen LogP contribution < -0.4 is 4.90 Å². The van der Waals surface area contributed by atoms with Crippen molar-refractivity contribution in [1.29, 1.82) is 0 Å². The molecule has 1 heteroatoms. The minimum Gasteiger partial charge on any atom is -0.310 e. The van der Waals surface area contributed by atoms with E-state index in [2.05, 4.69) is 292 Å². The molecule has 0 amide bonds. The Bertz CT molecular complexity index is 3740. The second-order valence-electron chi connectivity index (χ2n) is 19.5. The lowest BCUT2D eigenvalue weighted by Gasteiger charge is -2.35. The summed E-state index contributed by atoms with van der Waals surface area (Å²) in [4.78, 5) is 2.50. The molecule has 0 heterocycles. The van der Waals surface area contributed by atoms with Crippen molar-refractivity contribution in [3.63, 3.8) is 0 Å². The van der Waals surface area contributed by atoms with E-state index in [-0.39, 0.29) is 5.41 Å². The molecular weight excluding hydrogens is 855 g/mol. The highest BCUT2D eigenvalue weighted by atomic mass is 15.1. The highest BCUT2D eigenvalue weighted by molar-refractivity contribution is 5.96. The Balaban J connectivity index is 1.08. The summed E-state index contributed by atoms with van der Waals surface area (Å²) in [5, 5.41) is 0. The van der Waals surface area contributed by atoms with Gasteiger partial charge in [0, 0.05) is 22.5 Å². The molecule has 0 spiro atoms. The predicted molar refractivity (Wildman–Crippen MR) is 298 cm³/mol. The summed E-state index contributed by atoms with van der Waals surface area (Å²) >= 11 is 0. The van der Waals surface area contributed by atoms with Crippen LogP contribution in [0.1, 0.15) is 47.2 Å². The van der Waals surface area contributed by atoms with Crippen molar-refractivity contribution in [2.24, 2.45) is 0 Å². The molecule has 0 atom stereocenters. The highest BCUT2D eigenvalue weighted by Crippen LogP contribution is 2.58. The summed E-state index contributed by atoms with van der Waals surface area (Å²) in [7, 11) is 0. The first-order valence-electron chi connectivity index (χ1n) is 24.8. The zero-order valence-electron chi connectivity index (χ0n) is 39.9. The summed E-state index contributed by atoms with van der Waals surface area (Å²) in [5.74, 6) is 0. The molecule has 0 radical (unpaired) electrons. The largest absolute Gasteiger partial charge is 0.310 e. The lowest BCUT2D eigenvalue weighted by Crippen LogP contribution is -2.28. The summed E-state index contributed by atoms with van der Waals surface area (Å²) < 4.78 is 0. The van der Waals surface area contributed by atoms with E-state index in [1.165, 1.54) is 100 Å². The van der Waals surface area contributed by atoms with Crippen LogP contribution in [0.5, 0.6) is 0 Å². The Morgan fingerprint density at radius 3 is 1.32 bits per heavy atom. The molecule has 71 heavy (non-hydrogen) atoms. The van der Waals surface area contributed by atoms with Crippen LogP contribution in [0.15, 0.2) is 273 Å². The van der Waals surface area contributed by atoms with Gasteiger partial charge in [-0.15, -0.1) is 0 Å². The van der Waals surface area contributed by atoms with Crippen LogP contribution in [-0.4, -0.2) is 0 Å². The summed E-state index contributed by atoms with van der Waals surface area (Å²) in [6, 6.07) is 101. The van der Waals surface area contributed by atoms with E-state index in [1.54, 1.807) is 0 Å². The normalized spacial score (nSPS) is 13.4. The Labute approximate surface area is 417 Å². The number of hydrogen-bond acceptors (Lipinski definition) is 1. The van der Waals surface area contributed by atoms with Crippen molar-refractivity contribution < 1.29 is 0 Å². The molecule has 0 bridgehead atoms. The van der Waals surface area contributed by atoms with Crippen molar-refractivity contribution in [1.82, 2.24) is 0 Å². The maximum absolute atomic E-state index is 2.50. The van der Waals surface area contributed by atoms with Crippen LogP contribution >= 0.6 is 0 Å². The van der Waals surface area contributed by atoms with E-state index >= 15 is 0 Å². The first-order chi connectivity index (χ1) is 35.0. The van der Waals surface area contributed by atoms with Gasteiger partial charge in [0.25, 0.3) is 0 Å². The zero-order chi connectivity index (χ0) is 47.5. The van der Waals surface area contributed by atoms with E-state index < -0.39 is 5.41 Å². The molecule has 11 aromatic rings. The van der Waals surface area contributed by atoms with Crippen LogP contribution in [-0.2, 0) is 10.8 Å². The Kier molecular flexibility index (Phi) is 10.1. The maximum Gasteiger partial charge on any atom is 0.0714 e. The van der Waals surface area contributed by atoms with Gasteiger partial charge >= 0.3 is 0 Å². The molecule has 2 aliphatic carbocycles. The Morgan fingerprint density at radius 1 is 0.254 bits per heavy atom. The summed E-state index contributed by atoms with van der Waals surface area (Å²) in [5.41, 5.74) is 25.1. The number of hydrogen-bond donors (Lipinski definition) is 0. The van der Waals surface area contributed by atoms with Crippen molar-refractivity contribution >= 4 is 17.1 Å². The molecule has 11 aromatic carbocycles.